The van der Waals surface area contributed by atoms with Gasteiger partial charge in [0.05, 0.1) is 0 Å². The minimum atomic E-state index is -2.69. The molecule has 0 aromatic heterocycles. The number of rotatable bonds is 3. The van der Waals surface area contributed by atoms with Crippen LogP contribution in [0.5, 0.6) is 11.5 Å². The van der Waals surface area contributed by atoms with Crippen LogP contribution in [0.15, 0.2) is 42.5 Å². The number of aryl methyl sites for hydroxylation is 4. The number of hydrogen-bond acceptors (Lipinski definition) is 2. The zero-order chi connectivity index (χ0) is 20.3. The lowest BCUT2D eigenvalue weighted by atomic mass is 9.90. The fraction of sp³-hybridized carbons (Fsp3) is 0.308. The van der Waals surface area contributed by atoms with E-state index in [1.165, 1.54) is 49.7 Å². The summed E-state index contributed by atoms with van der Waals surface area (Å²) in [5, 5.41) is 1.17. The normalized spacial score (nSPS) is 15.3. The van der Waals surface area contributed by atoms with Crippen LogP contribution >= 0.6 is 0 Å². The molecule has 1 aliphatic carbocycles. The van der Waals surface area contributed by atoms with Crippen molar-refractivity contribution in [3.8, 4) is 22.6 Å². The van der Waals surface area contributed by atoms with Gasteiger partial charge in [-0.1, -0.05) is 56.3 Å². The Hall–Kier alpha value is -2.52. The number of fused-ring (bicyclic) bond motifs is 1. The van der Waals surface area contributed by atoms with Gasteiger partial charge in [-0.05, 0) is 60.1 Å². The second-order valence-corrected chi connectivity index (χ2v) is 11.3. The van der Waals surface area contributed by atoms with E-state index in [1.54, 1.807) is 0 Å². The monoisotopic (exact) mass is 400 g/mol. The third-order valence-electron chi connectivity index (χ3n) is 6.55. The molecule has 0 radical (unpaired) electrons. The summed E-state index contributed by atoms with van der Waals surface area (Å²) in [6, 6.07) is 15.2. The quantitative estimate of drug-likeness (QED) is 0.408. The number of benzene rings is 3. The first-order valence-electron chi connectivity index (χ1n) is 10.7. The van der Waals surface area contributed by atoms with Gasteiger partial charge in [-0.2, -0.15) is 0 Å². The molecule has 0 saturated heterocycles. The van der Waals surface area contributed by atoms with Gasteiger partial charge < -0.3 is 8.85 Å². The Kier molecular flexibility index (Phi) is 4.14. The first-order valence-corrected chi connectivity index (χ1v) is 13.0. The predicted octanol–water partition coefficient (Wildman–Crippen LogP) is 5.75. The summed E-state index contributed by atoms with van der Waals surface area (Å²) >= 11 is 0. The van der Waals surface area contributed by atoms with Gasteiger partial charge in [0.15, 0.2) is 0 Å². The predicted molar refractivity (Wildman–Crippen MR) is 122 cm³/mol. The minimum Gasteiger partial charge on any atom is -0.508 e. The Bertz CT molecular complexity index is 1060. The van der Waals surface area contributed by atoms with Crippen molar-refractivity contribution in [3.63, 3.8) is 0 Å². The van der Waals surface area contributed by atoms with E-state index in [0.717, 1.165) is 30.8 Å². The van der Waals surface area contributed by atoms with Gasteiger partial charge in [-0.3, -0.25) is 0 Å². The second-order valence-electron chi connectivity index (χ2n) is 8.47. The zero-order valence-electron chi connectivity index (χ0n) is 18.0. The number of hydrogen-bond donors (Lipinski definition) is 0. The summed E-state index contributed by atoms with van der Waals surface area (Å²) < 4.78 is 13.8. The molecule has 3 heteroatoms. The Labute approximate surface area is 174 Å². The van der Waals surface area contributed by atoms with Crippen LogP contribution in [0, 0.1) is 13.8 Å². The largest absolute Gasteiger partial charge is 0.508 e. The maximum absolute atomic E-state index is 6.91. The van der Waals surface area contributed by atoms with Gasteiger partial charge in [-0.25, -0.2) is 0 Å². The highest BCUT2D eigenvalue weighted by atomic mass is 28.4. The first-order chi connectivity index (χ1) is 14.0. The van der Waals surface area contributed by atoms with Crippen molar-refractivity contribution in [1.82, 2.24) is 0 Å². The zero-order valence-corrected chi connectivity index (χ0v) is 19.0. The van der Waals surface area contributed by atoms with E-state index < -0.39 is 8.56 Å². The molecule has 2 nitrogen and oxygen atoms in total. The van der Waals surface area contributed by atoms with Crippen molar-refractivity contribution in [2.24, 2.45) is 0 Å². The summed E-state index contributed by atoms with van der Waals surface area (Å²) in [7, 11) is -2.69. The smallest absolute Gasteiger partial charge is 0.492 e. The van der Waals surface area contributed by atoms with E-state index in [9.17, 15) is 0 Å². The van der Waals surface area contributed by atoms with Gasteiger partial charge in [0.2, 0.25) is 0 Å². The van der Waals surface area contributed by atoms with E-state index >= 15 is 0 Å². The third-order valence-corrected chi connectivity index (χ3v) is 9.12. The molecular formula is C26H28O2Si. The Balaban J connectivity index is 1.88. The molecule has 0 saturated carbocycles. The molecule has 0 unspecified atom stereocenters. The van der Waals surface area contributed by atoms with Crippen molar-refractivity contribution in [2.45, 2.75) is 53.5 Å². The van der Waals surface area contributed by atoms with E-state index in [4.69, 9.17) is 8.85 Å². The van der Waals surface area contributed by atoms with E-state index in [2.05, 4.69) is 76.7 Å². The standard InChI is InChI=1S/C26H28O2Si/c1-6-18-13-16(3)25-21-15-22-24(23(18)21)19(7-2)14-17(4)26(22)28-29(5,27-25)20-11-9-8-10-12-20/h8-14H,6-7,15H2,1-5H3. The average molecular weight is 401 g/mol. The summed E-state index contributed by atoms with van der Waals surface area (Å²) in [4.78, 5) is 0. The van der Waals surface area contributed by atoms with Crippen molar-refractivity contribution in [1.29, 1.82) is 0 Å². The lowest BCUT2D eigenvalue weighted by molar-refractivity contribution is 0.397. The topological polar surface area (TPSA) is 18.5 Å². The third kappa shape index (κ3) is 2.60. The Morgan fingerprint density at radius 2 is 1.28 bits per heavy atom. The van der Waals surface area contributed by atoms with Crippen LogP contribution in [-0.2, 0) is 19.3 Å². The van der Waals surface area contributed by atoms with Crippen LogP contribution in [0.1, 0.15) is 47.2 Å². The molecule has 3 aromatic carbocycles. The Morgan fingerprint density at radius 1 is 0.793 bits per heavy atom. The molecule has 0 amide bonds. The van der Waals surface area contributed by atoms with Crippen LogP contribution in [0.25, 0.3) is 11.1 Å². The molecule has 0 atom stereocenters. The molecule has 2 aliphatic rings. The molecule has 1 aliphatic heterocycles. The fourth-order valence-corrected chi connectivity index (χ4v) is 7.56. The molecule has 29 heavy (non-hydrogen) atoms. The van der Waals surface area contributed by atoms with Gasteiger partial charge in [0.1, 0.15) is 11.5 Å². The fourth-order valence-electron chi connectivity index (χ4n) is 5.14. The molecule has 5 rings (SSSR count). The molecule has 2 bridgehead atoms. The maximum Gasteiger partial charge on any atom is 0.492 e. The van der Waals surface area contributed by atoms with Crippen LogP contribution < -0.4 is 14.0 Å². The summed E-state index contributed by atoms with van der Waals surface area (Å²) in [6.45, 7) is 11.1. The molecular weight excluding hydrogens is 372 g/mol. The highest BCUT2D eigenvalue weighted by molar-refractivity contribution is 6.81. The van der Waals surface area contributed by atoms with Gasteiger partial charge in [-0.15, -0.1) is 0 Å². The first kappa shape index (κ1) is 18.5. The Morgan fingerprint density at radius 3 is 1.72 bits per heavy atom. The molecule has 0 spiro atoms. The van der Waals surface area contributed by atoms with E-state index in [0.29, 0.717) is 0 Å². The molecule has 148 valence electrons. The van der Waals surface area contributed by atoms with Crippen LogP contribution in [0.3, 0.4) is 0 Å². The molecule has 0 fully saturated rings. The lowest BCUT2D eigenvalue weighted by Gasteiger charge is -2.33. The highest BCUT2D eigenvalue weighted by Crippen LogP contribution is 2.52. The van der Waals surface area contributed by atoms with Crippen LogP contribution in [0.2, 0.25) is 6.55 Å². The minimum absolute atomic E-state index is 0.915. The summed E-state index contributed by atoms with van der Waals surface area (Å²) in [5.74, 6) is 2.11. The van der Waals surface area contributed by atoms with Crippen molar-refractivity contribution >= 4 is 13.7 Å². The average Bonchev–Trinajstić information content (AvgIpc) is 3.12. The molecule has 1 heterocycles. The highest BCUT2D eigenvalue weighted by Gasteiger charge is 2.45. The van der Waals surface area contributed by atoms with Crippen LogP contribution in [-0.4, -0.2) is 8.56 Å². The SMILES string of the molecule is CCc1cc(C)c2c3c1-c1c(CC)cc(C)c(c1C3)O[Si](C)(c1ccccc1)O2. The lowest BCUT2D eigenvalue weighted by Crippen LogP contribution is -2.57. The van der Waals surface area contributed by atoms with Crippen molar-refractivity contribution in [2.75, 3.05) is 0 Å². The summed E-state index contributed by atoms with van der Waals surface area (Å²) in [5.41, 5.74) is 10.9. The van der Waals surface area contributed by atoms with E-state index in [-0.39, 0.29) is 0 Å². The molecule has 3 aromatic rings. The maximum atomic E-state index is 6.91. The second kappa shape index (κ2) is 6.50. The van der Waals surface area contributed by atoms with Crippen molar-refractivity contribution in [3.05, 3.63) is 75.8 Å². The van der Waals surface area contributed by atoms with E-state index in [1.807, 2.05) is 0 Å². The van der Waals surface area contributed by atoms with Crippen LogP contribution in [0.4, 0.5) is 0 Å². The molecule has 0 N–H and O–H groups in total. The van der Waals surface area contributed by atoms with Gasteiger partial charge >= 0.3 is 8.56 Å². The van der Waals surface area contributed by atoms with Crippen molar-refractivity contribution < 1.29 is 8.85 Å². The van der Waals surface area contributed by atoms with Gasteiger partial charge in [0.25, 0.3) is 0 Å². The summed E-state index contributed by atoms with van der Waals surface area (Å²) in [6.07, 6.45) is 2.98. The van der Waals surface area contributed by atoms with Gasteiger partial charge in [0, 0.05) is 29.3 Å².